The summed E-state index contributed by atoms with van der Waals surface area (Å²) in [4.78, 5) is 0. The average Bonchev–Trinajstić information content (AvgIpc) is 3.06. The van der Waals surface area contributed by atoms with Gasteiger partial charge in [0, 0.05) is 0 Å². The first-order chi connectivity index (χ1) is 11.0. The summed E-state index contributed by atoms with van der Waals surface area (Å²) in [5.74, 6) is 0. The van der Waals surface area contributed by atoms with E-state index in [9.17, 15) is 0 Å². The molecule has 0 bridgehead atoms. The molecule has 1 heterocycles. The van der Waals surface area contributed by atoms with Gasteiger partial charge >= 0.3 is 160 Å². The third-order valence-electron chi connectivity index (χ3n) is 5.16. The first-order valence-corrected chi connectivity index (χ1v) is 21.7. The van der Waals surface area contributed by atoms with Crippen molar-refractivity contribution >= 4 is 56.8 Å². The van der Waals surface area contributed by atoms with Crippen LogP contribution in [0.15, 0.2) is 12.1 Å². The Bertz CT molecular complexity index is 423. The predicted molar refractivity (Wildman–Crippen MR) is 117 cm³/mol. The Labute approximate surface area is 159 Å². The molecule has 4 heteroatoms. The Hall–Kier alpha value is 1.01. The van der Waals surface area contributed by atoms with Crippen molar-refractivity contribution in [2.45, 2.75) is 85.7 Å². The second kappa shape index (κ2) is 10.9. The Balaban J connectivity index is 3.13. The van der Waals surface area contributed by atoms with E-state index >= 15 is 0 Å². The summed E-state index contributed by atoms with van der Waals surface area (Å²) >= 11 is 6.28. The summed E-state index contributed by atoms with van der Waals surface area (Å²) in [6, 6.07) is 5.02. The molecule has 1 aromatic heterocycles. The van der Waals surface area contributed by atoms with Crippen molar-refractivity contribution in [1.29, 1.82) is 0 Å². The van der Waals surface area contributed by atoms with Gasteiger partial charge in [0.05, 0.1) is 0 Å². The van der Waals surface area contributed by atoms with E-state index in [-0.39, 0.29) is 0 Å². The van der Waals surface area contributed by atoms with Crippen molar-refractivity contribution in [1.82, 2.24) is 0 Å². The fraction of sp³-hybridized carbons (Fsp3) is 0.789. The summed E-state index contributed by atoms with van der Waals surface area (Å²) in [7, 11) is -1.39. The fourth-order valence-electron chi connectivity index (χ4n) is 3.34. The van der Waals surface area contributed by atoms with Gasteiger partial charge in [-0.15, -0.1) is 0 Å². The molecular weight excluding hydrogens is 443 g/mol. The molecule has 0 amide bonds. The van der Waals surface area contributed by atoms with Gasteiger partial charge in [-0.25, -0.2) is 0 Å². The molecule has 0 unspecified atom stereocenters. The number of thiophene rings is 1. The van der Waals surface area contributed by atoms with E-state index < -0.39 is 26.5 Å². The van der Waals surface area contributed by atoms with Crippen molar-refractivity contribution < 1.29 is 0 Å². The van der Waals surface area contributed by atoms with Gasteiger partial charge in [0.2, 0.25) is 0 Å². The molecule has 0 spiro atoms. The summed E-state index contributed by atoms with van der Waals surface area (Å²) in [6.45, 7) is 11.9. The van der Waals surface area contributed by atoms with Crippen LogP contribution in [0.3, 0.4) is 0 Å². The molecule has 0 aromatic carbocycles. The number of hydrogen-bond acceptors (Lipinski definition) is 1. The minimum atomic E-state index is -2.20. The van der Waals surface area contributed by atoms with Crippen molar-refractivity contribution in [3.8, 4) is 0 Å². The summed E-state index contributed by atoms with van der Waals surface area (Å²) in [5.41, 5.74) is 0.856. The van der Waals surface area contributed by atoms with Gasteiger partial charge in [-0.05, 0) is 0 Å². The summed E-state index contributed by atoms with van der Waals surface area (Å²) < 4.78 is 8.25. The molecule has 134 valence electrons. The third-order valence-corrected chi connectivity index (χ3v) is 30.5. The van der Waals surface area contributed by atoms with Crippen LogP contribution in [0.2, 0.25) is 26.4 Å². The molecule has 0 aliphatic rings. The van der Waals surface area contributed by atoms with Gasteiger partial charge in [-0.1, -0.05) is 0 Å². The van der Waals surface area contributed by atoms with E-state index in [0.29, 0.717) is 0 Å². The van der Waals surface area contributed by atoms with Crippen molar-refractivity contribution in [2.75, 3.05) is 5.50 Å². The SMILES string of the molecule is CCC[CH2][Sn]([CH2]CCC)([CH2]CCC)[c]1ccc([Si](C)(C)CCl)s1. The zero-order valence-electron chi connectivity index (χ0n) is 16.0. The van der Waals surface area contributed by atoms with Gasteiger partial charge < -0.3 is 0 Å². The van der Waals surface area contributed by atoms with Gasteiger partial charge in [-0.3, -0.25) is 0 Å². The van der Waals surface area contributed by atoms with Crippen LogP contribution < -0.4 is 7.39 Å². The molecule has 0 fully saturated rings. The molecule has 0 radical (unpaired) electrons. The molecule has 0 saturated carbocycles. The van der Waals surface area contributed by atoms with Gasteiger partial charge in [0.25, 0.3) is 0 Å². The molecule has 0 atom stereocenters. The Morgan fingerprint density at radius 3 is 1.78 bits per heavy atom. The zero-order chi connectivity index (χ0) is 17.3. The number of unbranched alkanes of at least 4 members (excludes halogenated alkanes) is 3. The van der Waals surface area contributed by atoms with E-state index in [1.807, 2.05) is 2.89 Å². The van der Waals surface area contributed by atoms with Gasteiger partial charge in [-0.2, -0.15) is 0 Å². The van der Waals surface area contributed by atoms with Crippen LogP contribution in [0.25, 0.3) is 0 Å². The second-order valence-corrected chi connectivity index (χ2v) is 28.8. The van der Waals surface area contributed by atoms with E-state index in [4.69, 9.17) is 11.6 Å². The summed E-state index contributed by atoms with van der Waals surface area (Å²) in [6.07, 6.45) is 8.43. The van der Waals surface area contributed by atoms with Crippen molar-refractivity contribution in [3.05, 3.63) is 12.1 Å². The van der Waals surface area contributed by atoms with Crippen LogP contribution >= 0.6 is 22.9 Å². The molecule has 0 N–H and O–H groups in total. The Morgan fingerprint density at radius 2 is 1.39 bits per heavy atom. The van der Waals surface area contributed by atoms with Crippen LogP contribution in [0.5, 0.6) is 0 Å². The fourth-order valence-corrected chi connectivity index (χ4v) is 27.1. The van der Waals surface area contributed by atoms with Gasteiger partial charge in [0.1, 0.15) is 0 Å². The average molecular weight is 480 g/mol. The molecule has 0 nitrogen and oxygen atoms in total. The van der Waals surface area contributed by atoms with Crippen LogP contribution in [0.1, 0.15) is 59.3 Å². The van der Waals surface area contributed by atoms with E-state index in [2.05, 4.69) is 57.3 Å². The monoisotopic (exact) mass is 480 g/mol. The second-order valence-electron chi connectivity index (χ2n) is 7.77. The topological polar surface area (TPSA) is 0 Å². The van der Waals surface area contributed by atoms with E-state index in [0.717, 1.165) is 5.50 Å². The molecule has 0 saturated heterocycles. The van der Waals surface area contributed by atoms with Crippen LogP contribution in [0, 0.1) is 0 Å². The molecule has 1 rings (SSSR count). The standard InChI is InChI=1S/C7H10ClSSi.3C4H9.Sn/c1-10(2,6-8)7-4-3-5-9-7;3*1-3-4-2;/h3-4H,6H2,1-2H3;3*1,3-4H2,2H3;. The molecular formula is C19H37ClSSiSn. The molecule has 0 aliphatic carbocycles. The van der Waals surface area contributed by atoms with Crippen molar-refractivity contribution in [2.24, 2.45) is 0 Å². The third kappa shape index (κ3) is 6.34. The van der Waals surface area contributed by atoms with Gasteiger partial charge in [0.15, 0.2) is 0 Å². The number of alkyl halides is 1. The predicted octanol–water partition coefficient (Wildman–Crippen LogP) is 6.50. The number of halogens is 1. The summed E-state index contributed by atoms with van der Waals surface area (Å²) in [5, 5.41) is 0. The normalized spacial score (nSPS) is 12.8. The quantitative estimate of drug-likeness (QED) is 0.237. The Kier molecular flexibility index (Phi) is 10.4. The maximum absolute atomic E-state index is 6.29. The van der Waals surface area contributed by atoms with E-state index in [1.54, 1.807) is 17.8 Å². The van der Waals surface area contributed by atoms with Crippen LogP contribution in [-0.4, -0.2) is 32.0 Å². The molecule has 23 heavy (non-hydrogen) atoms. The number of hydrogen-bond donors (Lipinski definition) is 0. The maximum atomic E-state index is 6.29. The van der Waals surface area contributed by atoms with Crippen LogP contribution in [0.4, 0.5) is 0 Å². The molecule has 1 aromatic rings. The number of rotatable bonds is 12. The first-order valence-electron chi connectivity index (χ1n) is 9.62. The molecule has 0 aliphatic heterocycles. The van der Waals surface area contributed by atoms with Crippen molar-refractivity contribution in [3.63, 3.8) is 0 Å². The minimum absolute atomic E-state index is 0.856. The van der Waals surface area contributed by atoms with Crippen LogP contribution in [-0.2, 0) is 0 Å². The first kappa shape index (κ1) is 22.0. The van der Waals surface area contributed by atoms with E-state index in [1.165, 1.54) is 38.5 Å². The Morgan fingerprint density at radius 1 is 0.913 bits per heavy atom. The zero-order valence-corrected chi connectivity index (χ0v) is 21.4.